The van der Waals surface area contributed by atoms with Crippen LogP contribution in [0.1, 0.15) is 17.8 Å². The van der Waals surface area contributed by atoms with Crippen LogP contribution in [0.3, 0.4) is 0 Å². The van der Waals surface area contributed by atoms with E-state index in [4.69, 9.17) is 14.0 Å². The second-order valence-corrected chi connectivity index (χ2v) is 6.01. The van der Waals surface area contributed by atoms with Crippen molar-refractivity contribution in [1.82, 2.24) is 10.1 Å². The quantitative estimate of drug-likeness (QED) is 0.610. The number of nitrogens with zero attached hydrogens (tertiary/aromatic N) is 2. The summed E-state index contributed by atoms with van der Waals surface area (Å²) in [6, 6.07) is 11.4. The molecule has 0 aliphatic rings. The number of ether oxygens (including phenoxy) is 2. The van der Waals surface area contributed by atoms with Gasteiger partial charge in [-0.05, 0) is 30.5 Å². The molecule has 0 atom stereocenters. The van der Waals surface area contributed by atoms with Crippen LogP contribution in [0.15, 0.2) is 46.3 Å². The van der Waals surface area contributed by atoms with Crippen molar-refractivity contribution in [3.63, 3.8) is 0 Å². The van der Waals surface area contributed by atoms with Crippen molar-refractivity contribution in [2.45, 2.75) is 20.0 Å². The summed E-state index contributed by atoms with van der Waals surface area (Å²) in [5.41, 5.74) is 1.16. The highest BCUT2D eigenvalue weighted by Crippen LogP contribution is 2.22. The van der Waals surface area contributed by atoms with Gasteiger partial charge in [0.05, 0.1) is 17.9 Å². The first-order chi connectivity index (χ1) is 11.7. The number of carbonyl (C=O) groups is 1. The van der Waals surface area contributed by atoms with Crippen LogP contribution in [0.4, 0.5) is 0 Å². The number of esters is 1. The van der Waals surface area contributed by atoms with Crippen LogP contribution in [0.5, 0.6) is 5.75 Å². The van der Waals surface area contributed by atoms with Crippen molar-refractivity contribution in [2.24, 2.45) is 0 Å². The molecule has 124 valence electrons. The molecule has 24 heavy (non-hydrogen) atoms. The molecular weight excluding hydrogens is 328 g/mol. The Balaban J connectivity index is 1.40. The molecule has 0 radical (unpaired) electrons. The molecule has 0 saturated heterocycles. The average Bonchev–Trinajstić information content (AvgIpc) is 3.26. The molecule has 0 amide bonds. The molecule has 0 saturated carbocycles. The second kappa shape index (κ2) is 7.74. The highest BCUT2D eigenvalue weighted by Gasteiger charge is 2.11. The SMILES string of the molecule is Cc1ccc(OCCC(=O)OCc2noc(-c3cccs3)n2)cc1. The zero-order valence-electron chi connectivity index (χ0n) is 13.1. The van der Waals surface area contributed by atoms with Gasteiger partial charge in [-0.15, -0.1) is 11.3 Å². The summed E-state index contributed by atoms with van der Waals surface area (Å²) in [7, 11) is 0. The van der Waals surface area contributed by atoms with Crippen molar-refractivity contribution in [2.75, 3.05) is 6.61 Å². The number of rotatable bonds is 7. The summed E-state index contributed by atoms with van der Waals surface area (Å²) in [5.74, 6) is 1.13. The Kier molecular flexibility index (Phi) is 5.22. The average molecular weight is 344 g/mol. The van der Waals surface area contributed by atoms with E-state index in [9.17, 15) is 4.79 Å². The Labute approximate surface area is 143 Å². The highest BCUT2D eigenvalue weighted by atomic mass is 32.1. The second-order valence-electron chi connectivity index (χ2n) is 5.07. The van der Waals surface area contributed by atoms with Gasteiger partial charge in [0.15, 0.2) is 6.61 Å². The third kappa shape index (κ3) is 4.42. The van der Waals surface area contributed by atoms with Gasteiger partial charge in [-0.2, -0.15) is 4.98 Å². The van der Waals surface area contributed by atoms with E-state index in [1.54, 1.807) is 0 Å². The number of carbonyl (C=O) groups excluding carboxylic acids is 1. The smallest absolute Gasteiger partial charge is 0.309 e. The predicted molar refractivity (Wildman–Crippen MR) is 88.7 cm³/mol. The van der Waals surface area contributed by atoms with E-state index in [1.165, 1.54) is 11.3 Å². The molecule has 0 unspecified atom stereocenters. The van der Waals surface area contributed by atoms with Crippen LogP contribution < -0.4 is 4.74 Å². The molecule has 2 heterocycles. The first-order valence-electron chi connectivity index (χ1n) is 7.42. The maximum atomic E-state index is 11.7. The van der Waals surface area contributed by atoms with E-state index >= 15 is 0 Å². The summed E-state index contributed by atoms with van der Waals surface area (Å²) in [6.45, 7) is 2.25. The monoisotopic (exact) mass is 344 g/mol. The molecular formula is C17H16N2O4S. The first-order valence-corrected chi connectivity index (χ1v) is 8.30. The summed E-state index contributed by atoms with van der Waals surface area (Å²) in [4.78, 5) is 16.8. The topological polar surface area (TPSA) is 74.5 Å². The van der Waals surface area contributed by atoms with Crippen LogP contribution in [0, 0.1) is 6.92 Å². The molecule has 0 aliphatic heterocycles. The molecule has 0 aliphatic carbocycles. The minimum absolute atomic E-state index is 0.0156. The van der Waals surface area contributed by atoms with Crippen LogP contribution in [-0.2, 0) is 16.1 Å². The first kappa shape index (κ1) is 16.2. The molecule has 0 bridgehead atoms. The minimum atomic E-state index is -0.371. The zero-order chi connectivity index (χ0) is 16.8. The number of aryl methyl sites for hydroxylation is 1. The largest absolute Gasteiger partial charge is 0.493 e. The van der Waals surface area contributed by atoms with Gasteiger partial charge < -0.3 is 14.0 Å². The van der Waals surface area contributed by atoms with Gasteiger partial charge in [-0.1, -0.05) is 28.9 Å². The van der Waals surface area contributed by atoms with Crippen molar-refractivity contribution in [3.8, 4) is 16.5 Å². The van der Waals surface area contributed by atoms with Gasteiger partial charge in [-0.3, -0.25) is 4.79 Å². The van der Waals surface area contributed by atoms with Crippen LogP contribution in [0.25, 0.3) is 10.8 Å². The third-order valence-corrected chi connectivity index (χ3v) is 4.02. The van der Waals surface area contributed by atoms with Gasteiger partial charge in [0, 0.05) is 0 Å². The molecule has 0 fully saturated rings. The summed E-state index contributed by atoms with van der Waals surface area (Å²) >= 11 is 1.50. The van der Waals surface area contributed by atoms with Gasteiger partial charge in [0.25, 0.3) is 5.89 Å². The Bertz CT molecular complexity index is 781. The highest BCUT2D eigenvalue weighted by molar-refractivity contribution is 7.13. The van der Waals surface area contributed by atoms with Crippen molar-refractivity contribution in [1.29, 1.82) is 0 Å². The van der Waals surface area contributed by atoms with Crippen LogP contribution in [-0.4, -0.2) is 22.7 Å². The lowest BCUT2D eigenvalue weighted by Crippen LogP contribution is -2.10. The lowest BCUT2D eigenvalue weighted by atomic mass is 10.2. The fourth-order valence-corrected chi connectivity index (χ4v) is 2.56. The molecule has 0 N–H and O–H groups in total. The van der Waals surface area contributed by atoms with E-state index < -0.39 is 0 Å². The van der Waals surface area contributed by atoms with Crippen LogP contribution >= 0.6 is 11.3 Å². The number of hydrogen-bond donors (Lipinski definition) is 0. The van der Waals surface area contributed by atoms with Gasteiger partial charge in [0.2, 0.25) is 5.82 Å². The Hall–Kier alpha value is -2.67. The Morgan fingerprint density at radius 1 is 1.25 bits per heavy atom. The zero-order valence-corrected chi connectivity index (χ0v) is 13.9. The fraction of sp³-hybridized carbons (Fsp3) is 0.235. The number of thiophene rings is 1. The predicted octanol–water partition coefficient (Wildman–Crippen LogP) is 3.62. The minimum Gasteiger partial charge on any atom is -0.493 e. The normalized spacial score (nSPS) is 10.5. The van der Waals surface area contributed by atoms with E-state index in [2.05, 4.69) is 10.1 Å². The van der Waals surface area contributed by atoms with Crippen molar-refractivity contribution < 1.29 is 18.8 Å². The standard InChI is InChI=1S/C17H16N2O4S/c1-12-4-6-13(7-5-12)21-9-8-16(20)22-11-15-18-17(23-19-15)14-3-2-10-24-14/h2-7,10H,8-9,11H2,1H3. The van der Waals surface area contributed by atoms with Gasteiger partial charge >= 0.3 is 5.97 Å². The molecule has 3 rings (SSSR count). The number of benzene rings is 1. The third-order valence-electron chi connectivity index (χ3n) is 3.16. The number of aromatic nitrogens is 2. The summed E-state index contributed by atoms with van der Waals surface area (Å²) in [6.07, 6.45) is 0.156. The van der Waals surface area contributed by atoms with E-state index in [0.717, 1.165) is 16.2 Å². The van der Waals surface area contributed by atoms with Gasteiger partial charge in [0.1, 0.15) is 5.75 Å². The van der Waals surface area contributed by atoms with E-state index in [1.807, 2.05) is 48.7 Å². The fourth-order valence-electron chi connectivity index (χ4n) is 1.92. The molecule has 1 aromatic carbocycles. The van der Waals surface area contributed by atoms with E-state index in [0.29, 0.717) is 11.7 Å². The summed E-state index contributed by atoms with van der Waals surface area (Å²) in [5, 5.41) is 5.72. The number of hydrogen-bond acceptors (Lipinski definition) is 7. The van der Waals surface area contributed by atoms with E-state index in [-0.39, 0.29) is 25.6 Å². The maximum absolute atomic E-state index is 11.7. The maximum Gasteiger partial charge on any atom is 0.309 e. The van der Waals surface area contributed by atoms with Crippen molar-refractivity contribution >= 4 is 17.3 Å². The van der Waals surface area contributed by atoms with Crippen molar-refractivity contribution in [3.05, 3.63) is 53.2 Å². The Morgan fingerprint density at radius 3 is 2.83 bits per heavy atom. The lowest BCUT2D eigenvalue weighted by molar-refractivity contribution is -0.145. The molecule has 6 nitrogen and oxygen atoms in total. The molecule has 2 aromatic heterocycles. The lowest BCUT2D eigenvalue weighted by Gasteiger charge is -2.06. The molecule has 7 heteroatoms. The summed E-state index contributed by atoms with van der Waals surface area (Å²) < 4.78 is 15.7. The van der Waals surface area contributed by atoms with Crippen LogP contribution in [0.2, 0.25) is 0 Å². The molecule has 3 aromatic rings. The van der Waals surface area contributed by atoms with Gasteiger partial charge in [-0.25, -0.2) is 0 Å². The molecule has 0 spiro atoms. The Morgan fingerprint density at radius 2 is 2.08 bits per heavy atom.